The number of rotatable bonds is 5. The summed E-state index contributed by atoms with van der Waals surface area (Å²) in [6, 6.07) is 9.31. The molecule has 1 saturated carbocycles. The summed E-state index contributed by atoms with van der Waals surface area (Å²) in [7, 11) is 0. The lowest BCUT2D eigenvalue weighted by atomic mass is 10.0. The molecule has 0 N–H and O–H groups in total. The molecule has 2 heterocycles. The first-order valence-corrected chi connectivity index (χ1v) is 9.50. The summed E-state index contributed by atoms with van der Waals surface area (Å²) in [5, 5.41) is 3.85. The Bertz CT molecular complexity index is 757. The molecule has 1 aromatic carbocycles. The van der Waals surface area contributed by atoms with Gasteiger partial charge < -0.3 is 9.42 Å². The van der Waals surface area contributed by atoms with Crippen LogP contribution < -0.4 is 0 Å². The van der Waals surface area contributed by atoms with Crippen LogP contribution in [0.3, 0.4) is 0 Å². The number of likely N-dealkylation sites (tertiary alicyclic amines) is 1. The Morgan fingerprint density at radius 1 is 1.27 bits per heavy atom. The molecule has 4 rings (SSSR count). The fourth-order valence-corrected chi connectivity index (χ4v) is 4.06. The maximum atomic E-state index is 15.3. The molecule has 6 heteroatoms. The summed E-state index contributed by atoms with van der Waals surface area (Å²) in [5.41, 5.74) is -0.961. The number of alkyl halides is 1. The molecule has 1 saturated heterocycles. The zero-order valence-electron chi connectivity index (χ0n) is 14.9. The number of hydrogen-bond acceptors (Lipinski definition) is 4. The molecule has 0 radical (unpaired) electrons. The van der Waals surface area contributed by atoms with Crippen LogP contribution in [0.4, 0.5) is 4.39 Å². The van der Waals surface area contributed by atoms with Crippen LogP contribution >= 0.6 is 0 Å². The van der Waals surface area contributed by atoms with Gasteiger partial charge in [0.25, 0.3) is 5.89 Å². The summed E-state index contributed by atoms with van der Waals surface area (Å²) in [5.74, 6) is 1.07. The van der Waals surface area contributed by atoms with Crippen molar-refractivity contribution in [3.8, 4) is 11.5 Å². The largest absolute Gasteiger partial charge is 0.339 e. The van der Waals surface area contributed by atoms with Gasteiger partial charge in [0, 0.05) is 24.9 Å². The van der Waals surface area contributed by atoms with Gasteiger partial charge in [-0.05, 0) is 24.5 Å². The zero-order chi connectivity index (χ0) is 18.0. The average Bonchev–Trinajstić information content (AvgIpc) is 3.41. The van der Waals surface area contributed by atoms with Crippen molar-refractivity contribution in [2.45, 2.75) is 50.6 Å². The number of carbonyl (C=O) groups is 1. The van der Waals surface area contributed by atoms with Crippen LogP contribution in [0.5, 0.6) is 0 Å². The molecule has 2 fully saturated rings. The Kier molecular flexibility index (Phi) is 4.74. The monoisotopic (exact) mass is 357 g/mol. The van der Waals surface area contributed by atoms with Crippen molar-refractivity contribution in [3.05, 3.63) is 36.2 Å². The van der Waals surface area contributed by atoms with Crippen molar-refractivity contribution >= 4 is 5.91 Å². The standard InChI is InChI=1S/C20H24FN3O2/c21-20(19-22-18(26-23-19)16-8-2-1-3-9-16)12-13-24(14-20)17(25)11-10-15-6-4-5-7-15/h1-3,8-9,15H,4-7,10-14H2. The highest BCUT2D eigenvalue weighted by Crippen LogP contribution is 2.36. The van der Waals surface area contributed by atoms with Crippen molar-refractivity contribution in [1.82, 2.24) is 15.0 Å². The molecule has 2 aromatic rings. The molecule has 2 aliphatic rings. The highest BCUT2D eigenvalue weighted by molar-refractivity contribution is 5.76. The van der Waals surface area contributed by atoms with Gasteiger partial charge >= 0.3 is 0 Å². The first-order valence-electron chi connectivity index (χ1n) is 9.50. The average molecular weight is 357 g/mol. The first kappa shape index (κ1) is 17.2. The minimum atomic E-state index is -1.72. The third-order valence-electron chi connectivity index (χ3n) is 5.66. The Balaban J connectivity index is 1.38. The summed E-state index contributed by atoms with van der Waals surface area (Å²) in [4.78, 5) is 18.3. The molecule has 138 valence electrons. The van der Waals surface area contributed by atoms with Crippen LogP contribution in [-0.4, -0.2) is 34.0 Å². The fourth-order valence-electron chi connectivity index (χ4n) is 4.06. The third-order valence-corrected chi connectivity index (χ3v) is 5.66. The quantitative estimate of drug-likeness (QED) is 0.808. The van der Waals surface area contributed by atoms with E-state index in [1.54, 1.807) is 4.90 Å². The molecule has 1 amide bonds. The van der Waals surface area contributed by atoms with Crippen molar-refractivity contribution in [1.29, 1.82) is 0 Å². The van der Waals surface area contributed by atoms with Crippen LogP contribution in [0.15, 0.2) is 34.9 Å². The molecule has 1 aliphatic heterocycles. The maximum absolute atomic E-state index is 15.3. The Hall–Kier alpha value is -2.24. The van der Waals surface area contributed by atoms with Crippen molar-refractivity contribution in [3.63, 3.8) is 0 Å². The van der Waals surface area contributed by atoms with Gasteiger partial charge in [-0.1, -0.05) is 49.0 Å². The normalized spacial score (nSPS) is 23.7. The molecular formula is C20H24FN3O2. The summed E-state index contributed by atoms with van der Waals surface area (Å²) < 4.78 is 20.6. The smallest absolute Gasteiger partial charge is 0.258 e. The van der Waals surface area contributed by atoms with E-state index in [0.29, 0.717) is 24.8 Å². The van der Waals surface area contributed by atoms with E-state index >= 15 is 4.39 Å². The van der Waals surface area contributed by atoms with Crippen LogP contribution in [0.2, 0.25) is 0 Å². The van der Waals surface area contributed by atoms with E-state index in [1.807, 2.05) is 30.3 Å². The topological polar surface area (TPSA) is 59.2 Å². The number of aromatic nitrogens is 2. The maximum Gasteiger partial charge on any atom is 0.258 e. The second-order valence-corrected chi connectivity index (χ2v) is 7.51. The predicted molar refractivity (Wildman–Crippen MR) is 94.9 cm³/mol. The molecule has 5 nitrogen and oxygen atoms in total. The van der Waals surface area contributed by atoms with Crippen LogP contribution in [0.1, 0.15) is 50.8 Å². The minimum Gasteiger partial charge on any atom is -0.339 e. The van der Waals surface area contributed by atoms with Gasteiger partial charge in [0.2, 0.25) is 11.7 Å². The predicted octanol–water partition coefficient (Wildman–Crippen LogP) is 4.10. The van der Waals surface area contributed by atoms with Crippen LogP contribution in [0, 0.1) is 5.92 Å². The molecule has 1 aromatic heterocycles. The summed E-state index contributed by atoms with van der Waals surface area (Å²) >= 11 is 0. The molecule has 0 bridgehead atoms. The van der Waals surface area contributed by atoms with Crippen molar-refractivity contribution in [2.75, 3.05) is 13.1 Å². The number of amides is 1. The second kappa shape index (κ2) is 7.17. The van der Waals surface area contributed by atoms with Crippen LogP contribution in [-0.2, 0) is 10.5 Å². The summed E-state index contributed by atoms with van der Waals surface area (Å²) in [6.45, 7) is 0.430. The fraction of sp³-hybridized carbons (Fsp3) is 0.550. The second-order valence-electron chi connectivity index (χ2n) is 7.51. The van der Waals surface area contributed by atoms with E-state index in [4.69, 9.17) is 4.52 Å². The lowest BCUT2D eigenvalue weighted by Crippen LogP contribution is -2.32. The van der Waals surface area contributed by atoms with E-state index < -0.39 is 5.67 Å². The number of benzene rings is 1. The molecule has 1 aliphatic carbocycles. The summed E-state index contributed by atoms with van der Waals surface area (Å²) in [6.07, 6.45) is 6.67. The molecule has 26 heavy (non-hydrogen) atoms. The van der Waals surface area contributed by atoms with E-state index in [9.17, 15) is 4.79 Å². The van der Waals surface area contributed by atoms with Gasteiger partial charge in [-0.15, -0.1) is 0 Å². The highest BCUT2D eigenvalue weighted by Gasteiger charge is 2.45. The van der Waals surface area contributed by atoms with Crippen molar-refractivity contribution in [2.24, 2.45) is 5.92 Å². The van der Waals surface area contributed by atoms with E-state index in [0.717, 1.165) is 12.0 Å². The number of halogens is 1. The molecular weight excluding hydrogens is 333 g/mol. The van der Waals surface area contributed by atoms with Gasteiger partial charge in [0.05, 0.1) is 6.54 Å². The SMILES string of the molecule is O=C(CCC1CCCC1)N1CCC(F)(c2noc(-c3ccccc3)n2)C1. The Morgan fingerprint density at radius 2 is 2.04 bits per heavy atom. The first-order chi connectivity index (χ1) is 12.6. The van der Waals surface area contributed by atoms with Gasteiger partial charge in [0.15, 0.2) is 5.67 Å². The minimum absolute atomic E-state index is 0.0181. The lowest BCUT2D eigenvalue weighted by molar-refractivity contribution is -0.131. The van der Waals surface area contributed by atoms with Gasteiger partial charge in [-0.25, -0.2) is 4.39 Å². The zero-order valence-corrected chi connectivity index (χ0v) is 14.9. The number of hydrogen-bond donors (Lipinski definition) is 0. The molecule has 0 spiro atoms. The Morgan fingerprint density at radius 3 is 2.81 bits per heavy atom. The lowest BCUT2D eigenvalue weighted by Gasteiger charge is -2.19. The third kappa shape index (κ3) is 3.50. The van der Waals surface area contributed by atoms with Gasteiger partial charge in [-0.2, -0.15) is 4.98 Å². The van der Waals surface area contributed by atoms with E-state index in [2.05, 4.69) is 10.1 Å². The van der Waals surface area contributed by atoms with Crippen molar-refractivity contribution < 1.29 is 13.7 Å². The Labute approximate surface area is 152 Å². The van der Waals surface area contributed by atoms with E-state index in [1.165, 1.54) is 25.7 Å². The van der Waals surface area contributed by atoms with E-state index in [-0.39, 0.29) is 24.7 Å². The number of carbonyl (C=O) groups excluding carboxylic acids is 1. The van der Waals surface area contributed by atoms with Crippen LogP contribution in [0.25, 0.3) is 11.5 Å². The number of nitrogens with zero attached hydrogens (tertiary/aromatic N) is 3. The molecule has 1 unspecified atom stereocenters. The van der Waals surface area contributed by atoms with Gasteiger partial charge in [0.1, 0.15) is 0 Å². The van der Waals surface area contributed by atoms with Gasteiger partial charge in [-0.3, -0.25) is 4.79 Å². The highest BCUT2D eigenvalue weighted by atomic mass is 19.1. The molecule has 1 atom stereocenters.